The first-order chi connectivity index (χ1) is 8.60. The van der Waals surface area contributed by atoms with Gasteiger partial charge < -0.3 is 19.1 Å². The quantitative estimate of drug-likeness (QED) is 0.651. The Morgan fingerprint density at radius 2 is 1.72 bits per heavy atom. The average Bonchev–Trinajstić information content (AvgIpc) is 2.38. The number of esters is 1. The summed E-state index contributed by atoms with van der Waals surface area (Å²) in [6, 6.07) is 0.236. The van der Waals surface area contributed by atoms with E-state index in [1.807, 2.05) is 0 Å². The van der Waals surface area contributed by atoms with Crippen molar-refractivity contribution >= 4 is 11.9 Å². The fourth-order valence-corrected chi connectivity index (χ4v) is 1.15. The van der Waals surface area contributed by atoms with Gasteiger partial charge in [0.2, 0.25) is 5.95 Å². The molecule has 0 aliphatic heterocycles. The molecule has 0 bridgehead atoms. The Balaban J connectivity index is 2.83. The van der Waals surface area contributed by atoms with Crippen LogP contribution in [0.4, 0.5) is 5.95 Å². The first-order valence-electron chi connectivity index (χ1n) is 5.31. The Hall–Kier alpha value is -2.12. The Morgan fingerprint density at radius 1 is 1.17 bits per heavy atom. The molecule has 0 aliphatic rings. The van der Waals surface area contributed by atoms with Gasteiger partial charge in [-0.15, -0.1) is 4.98 Å². The SMILES string of the molecule is CCOC(=O)CN(C)c1nc(OC)nc(OC)n1. The Labute approximate surface area is 105 Å². The molecular weight excluding hydrogens is 240 g/mol. The Bertz CT molecular complexity index is 391. The summed E-state index contributed by atoms with van der Waals surface area (Å²) in [6.45, 7) is 2.10. The molecule has 0 unspecified atom stereocenters. The lowest BCUT2D eigenvalue weighted by molar-refractivity contribution is -0.141. The third-order valence-corrected chi connectivity index (χ3v) is 1.96. The highest BCUT2D eigenvalue weighted by Crippen LogP contribution is 2.14. The molecule has 0 saturated heterocycles. The molecule has 8 nitrogen and oxygen atoms in total. The first kappa shape index (κ1) is 13.9. The minimum atomic E-state index is -0.363. The van der Waals surface area contributed by atoms with Crippen LogP contribution in [0.15, 0.2) is 0 Å². The molecule has 0 atom stereocenters. The number of nitrogens with zero attached hydrogens (tertiary/aromatic N) is 4. The number of carbonyl (C=O) groups is 1. The summed E-state index contributed by atoms with van der Waals surface area (Å²) in [5.41, 5.74) is 0. The normalized spacial score (nSPS) is 9.78. The molecule has 8 heteroatoms. The smallest absolute Gasteiger partial charge is 0.325 e. The van der Waals surface area contributed by atoms with Gasteiger partial charge in [0.1, 0.15) is 6.54 Å². The van der Waals surface area contributed by atoms with Gasteiger partial charge in [0, 0.05) is 7.05 Å². The summed E-state index contributed by atoms with van der Waals surface area (Å²) < 4.78 is 14.7. The minimum absolute atomic E-state index is 0.0319. The van der Waals surface area contributed by atoms with Gasteiger partial charge in [-0.2, -0.15) is 9.97 Å². The van der Waals surface area contributed by atoms with Gasteiger partial charge in [0.05, 0.1) is 20.8 Å². The lowest BCUT2D eigenvalue weighted by Gasteiger charge is -2.16. The number of likely N-dealkylation sites (N-methyl/N-ethyl adjacent to an activating group) is 1. The number of anilines is 1. The van der Waals surface area contributed by atoms with E-state index < -0.39 is 0 Å². The van der Waals surface area contributed by atoms with Crippen molar-refractivity contribution in [1.29, 1.82) is 0 Å². The van der Waals surface area contributed by atoms with Gasteiger partial charge >= 0.3 is 18.0 Å². The standard InChI is InChI=1S/C10H16N4O4/c1-5-18-7(15)6-14(2)8-11-9(16-3)13-10(12-8)17-4/h5-6H2,1-4H3. The Kier molecular flexibility index (Phi) is 5.09. The van der Waals surface area contributed by atoms with Crippen LogP contribution in [-0.4, -0.2) is 55.3 Å². The van der Waals surface area contributed by atoms with Crippen LogP contribution in [0.2, 0.25) is 0 Å². The lowest BCUT2D eigenvalue weighted by atomic mass is 10.6. The topological polar surface area (TPSA) is 86.7 Å². The van der Waals surface area contributed by atoms with E-state index in [0.717, 1.165) is 0 Å². The molecule has 0 aliphatic carbocycles. The second-order valence-electron chi connectivity index (χ2n) is 3.27. The number of hydrogen-bond acceptors (Lipinski definition) is 8. The molecule has 1 heterocycles. The van der Waals surface area contributed by atoms with Crippen LogP contribution in [-0.2, 0) is 9.53 Å². The third-order valence-electron chi connectivity index (χ3n) is 1.96. The van der Waals surface area contributed by atoms with E-state index in [1.54, 1.807) is 14.0 Å². The van der Waals surface area contributed by atoms with E-state index in [2.05, 4.69) is 15.0 Å². The van der Waals surface area contributed by atoms with E-state index in [-0.39, 0.29) is 30.5 Å². The van der Waals surface area contributed by atoms with Crippen molar-refractivity contribution in [3.8, 4) is 12.0 Å². The largest absolute Gasteiger partial charge is 0.467 e. The highest BCUT2D eigenvalue weighted by molar-refractivity contribution is 5.74. The van der Waals surface area contributed by atoms with Crippen molar-refractivity contribution in [1.82, 2.24) is 15.0 Å². The van der Waals surface area contributed by atoms with Gasteiger partial charge in [-0.3, -0.25) is 4.79 Å². The number of rotatable bonds is 6. The highest BCUT2D eigenvalue weighted by atomic mass is 16.5. The summed E-state index contributed by atoms with van der Waals surface area (Å²) in [7, 11) is 4.53. The fraction of sp³-hybridized carbons (Fsp3) is 0.600. The molecule has 0 spiro atoms. The van der Waals surface area contributed by atoms with Crippen molar-refractivity contribution in [3.05, 3.63) is 0 Å². The van der Waals surface area contributed by atoms with Crippen molar-refractivity contribution in [3.63, 3.8) is 0 Å². The van der Waals surface area contributed by atoms with Crippen molar-refractivity contribution in [2.75, 3.05) is 39.3 Å². The molecule has 1 aromatic heterocycles. The van der Waals surface area contributed by atoms with Gasteiger partial charge in [-0.05, 0) is 6.92 Å². The molecule has 100 valence electrons. The molecular formula is C10H16N4O4. The second-order valence-corrected chi connectivity index (χ2v) is 3.27. The van der Waals surface area contributed by atoms with Gasteiger partial charge in [-0.25, -0.2) is 0 Å². The minimum Gasteiger partial charge on any atom is -0.467 e. The maximum Gasteiger partial charge on any atom is 0.325 e. The maximum absolute atomic E-state index is 11.3. The summed E-state index contributed by atoms with van der Waals surface area (Å²) in [5, 5.41) is 0. The predicted octanol–water partition coefficient (Wildman–Crippen LogP) is -0.112. The predicted molar refractivity (Wildman–Crippen MR) is 62.8 cm³/mol. The number of methoxy groups -OCH3 is 2. The van der Waals surface area contributed by atoms with Gasteiger partial charge in [0.25, 0.3) is 0 Å². The van der Waals surface area contributed by atoms with E-state index in [0.29, 0.717) is 6.61 Å². The molecule has 0 aromatic carbocycles. The number of aromatic nitrogens is 3. The van der Waals surface area contributed by atoms with Gasteiger partial charge in [0.15, 0.2) is 0 Å². The zero-order valence-corrected chi connectivity index (χ0v) is 10.8. The molecule has 1 rings (SSSR count). The highest BCUT2D eigenvalue weighted by Gasteiger charge is 2.14. The molecule has 0 radical (unpaired) electrons. The van der Waals surface area contributed by atoms with Gasteiger partial charge in [-0.1, -0.05) is 0 Å². The Morgan fingerprint density at radius 3 is 2.17 bits per heavy atom. The zero-order valence-electron chi connectivity index (χ0n) is 10.8. The van der Waals surface area contributed by atoms with Crippen LogP contribution in [0.5, 0.6) is 12.0 Å². The van der Waals surface area contributed by atoms with Crippen molar-refractivity contribution in [2.24, 2.45) is 0 Å². The van der Waals surface area contributed by atoms with E-state index in [1.165, 1.54) is 19.1 Å². The van der Waals surface area contributed by atoms with E-state index >= 15 is 0 Å². The molecule has 1 aromatic rings. The molecule has 0 amide bonds. The summed E-state index contributed by atoms with van der Waals surface area (Å²) in [4.78, 5) is 24.7. The molecule has 0 saturated carbocycles. The van der Waals surface area contributed by atoms with Crippen LogP contribution >= 0.6 is 0 Å². The molecule has 0 N–H and O–H groups in total. The zero-order chi connectivity index (χ0) is 13.5. The van der Waals surface area contributed by atoms with E-state index in [4.69, 9.17) is 14.2 Å². The lowest BCUT2D eigenvalue weighted by Crippen LogP contribution is -2.28. The summed E-state index contributed by atoms with van der Waals surface area (Å²) in [5.74, 6) is -0.0925. The fourth-order valence-electron chi connectivity index (χ4n) is 1.15. The number of ether oxygens (including phenoxy) is 3. The van der Waals surface area contributed by atoms with Crippen LogP contribution in [0.25, 0.3) is 0 Å². The second kappa shape index (κ2) is 6.58. The first-order valence-corrected chi connectivity index (χ1v) is 5.31. The van der Waals surface area contributed by atoms with Crippen LogP contribution in [0, 0.1) is 0 Å². The van der Waals surface area contributed by atoms with Crippen LogP contribution in [0.1, 0.15) is 6.92 Å². The average molecular weight is 256 g/mol. The van der Waals surface area contributed by atoms with Crippen molar-refractivity contribution < 1.29 is 19.0 Å². The van der Waals surface area contributed by atoms with Crippen LogP contribution in [0.3, 0.4) is 0 Å². The number of hydrogen-bond donors (Lipinski definition) is 0. The molecule has 0 fully saturated rings. The molecule has 18 heavy (non-hydrogen) atoms. The summed E-state index contributed by atoms with van der Waals surface area (Å²) >= 11 is 0. The van der Waals surface area contributed by atoms with Crippen molar-refractivity contribution in [2.45, 2.75) is 6.92 Å². The number of carbonyl (C=O) groups excluding carboxylic acids is 1. The summed E-state index contributed by atoms with van der Waals surface area (Å²) in [6.07, 6.45) is 0. The van der Waals surface area contributed by atoms with E-state index in [9.17, 15) is 4.79 Å². The van der Waals surface area contributed by atoms with Crippen LogP contribution < -0.4 is 14.4 Å². The monoisotopic (exact) mass is 256 g/mol. The third kappa shape index (κ3) is 3.72. The maximum atomic E-state index is 11.3.